The van der Waals surface area contributed by atoms with Crippen molar-refractivity contribution in [2.75, 3.05) is 0 Å². The highest BCUT2D eigenvalue weighted by molar-refractivity contribution is 6.74. The highest BCUT2D eigenvalue weighted by Gasteiger charge is 2.57. The summed E-state index contributed by atoms with van der Waals surface area (Å²) in [6.07, 6.45) is -3.16. The Morgan fingerprint density at radius 2 is 1.64 bits per heavy atom. The summed E-state index contributed by atoms with van der Waals surface area (Å²) in [6, 6.07) is -2.66. The molecule has 0 aliphatic carbocycles. The van der Waals surface area contributed by atoms with Gasteiger partial charge in [0.05, 0.1) is 0 Å². The number of alkyl halides is 3. The summed E-state index contributed by atoms with van der Waals surface area (Å²) in [6.45, 7) is 13.7. The minimum absolute atomic E-state index is 0.0652. The van der Waals surface area contributed by atoms with Gasteiger partial charge in [-0.2, -0.15) is 13.2 Å². The fraction of sp³-hybridized carbons (Fsp3) is 1.00. The summed E-state index contributed by atoms with van der Waals surface area (Å²) in [5, 5.41) is 10.9. The summed E-state index contributed by atoms with van der Waals surface area (Å²) >= 11 is 0. The average Bonchev–Trinajstić information content (AvgIpc) is 2.40. The van der Waals surface area contributed by atoms with Crippen molar-refractivity contribution in [3.63, 3.8) is 0 Å². The van der Waals surface area contributed by atoms with Crippen LogP contribution in [-0.2, 0) is 4.43 Å². The van der Waals surface area contributed by atoms with E-state index in [2.05, 4.69) is 0 Å². The number of nitrogens with zero attached hydrogens (tertiary/aromatic N) is 1. The van der Waals surface area contributed by atoms with Crippen LogP contribution in [0.3, 0.4) is 0 Å². The van der Waals surface area contributed by atoms with Crippen molar-refractivity contribution in [1.82, 2.24) is 0 Å². The molecule has 0 heterocycles. The van der Waals surface area contributed by atoms with E-state index < -0.39 is 31.6 Å². The lowest BCUT2D eigenvalue weighted by Gasteiger charge is -2.44. The monoisotopic (exact) mass is 385 g/mol. The molecule has 8 heteroatoms. The Morgan fingerprint density at radius 3 is 2.00 bits per heavy atom. The Bertz CT molecular complexity index is 426. The van der Waals surface area contributed by atoms with Gasteiger partial charge in [-0.05, 0) is 30.5 Å². The molecule has 2 atom stereocenters. The van der Waals surface area contributed by atoms with Crippen LogP contribution in [0.5, 0.6) is 0 Å². The third kappa shape index (κ3) is 6.88. The first kappa shape index (κ1) is 24.4. The maximum atomic E-state index is 13.3. The summed E-state index contributed by atoms with van der Waals surface area (Å²) < 4.78 is 45.9. The van der Waals surface area contributed by atoms with E-state index in [1.165, 1.54) is 0 Å². The number of unbranched alkanes of at least 4 members (excludes halogenated alkanes) is 3. The minimum atomic E-state index is -4.91. The molecule has 0 unspecified atom stereocenters. The van der Waals surface area contributed by atoms with Gasteiger partial charge in [0.2, 0.25) is 0 Å². The molecule has 25 heavy (non-hydrogen) atoms. The zero-order chi connectivity index (χ0) is 20.1. The van der Waals surface area contributed by atoms with Crippen LogP contribution in [0.25, 0.3) is 0 Å². The highest BCUT2D eigenvalue weighted by Crippen LogP contribution is 2.46. The molecule has 0 aromatic rings. The van der Waals surface area contributed by atoms with Crippen molar-refractivity contribution >= 4 is 8.32 Å². The molecule has 150 valence electrons. The molecule has 0 aromatic carbocycles. The van der Waals surface area contributed by atoms with Gasteiger partial charge in [0.1, 0.15) is 6.10 Å². The molecule has 0 amide bonds. The molecule has 0 fully saturated rings. The van der Waals surface area contributed by atoms with E-state index >= 15 is 0 Å². The Kier molecular flexibility index (Phi) is 9.11. The van der Waals surface area contributed by atoms with E-state index in [1.807, 2.05) is 47.7 Å². The molecule has 0 saturated carbocycles. The smallest absolute Gasteiger partial charge is 0.407 e. The maximum Gasteiger partial charge on any atom is 0.460 e. The summed E-state index contributed by atoms with van der Waals surface area (Å²) in [4.78, 5) is 9.94. The van der Waals surface area contributed by atoms with Gasteiger partial charge in [0, 0.05) is 4.92 Å². The van der Waals surface area contributed by atoms with Crippen LogP contribution >= 0.6 is 0 Å². The molecule has 0 radical (unpaired) electrons. The number of nitro groups is 1. The third-order valence-corrected chi connectivity index (χ3v) is 10.3. The molecule has 0 aromatic heterocycles. The van der Waals surface area contributed by atoms with Gasteiger partial charge < -0.3 is 4.43 Å². The second-order valence-corrected chi connectivity index (χ2v) is 12.7. The van der Waals surface area contributed by atoms with E-state index in [9.17, 15) is 23.3 Å². The van der Waals surface area contributed by atoms with Gasteiger partial charge in [0.25, 0.3) is 0 Å². The fourth-order valence-corrected chi connectivity index (χ4v) is 5.44. The summed E-state index contributed by atoms with van der Waals surface area (Å²) in [5.41, 5.74) is 0. The zero-order valence-corrected chi connectivity index (χ0v) is 17.6. The summed E-state index contributed by atoms with van der Waals surface area (Å²) in [5.74, 6) is 0.204. The van der Waals surface area contributed by atoms with Crippen LogP contribution < -0.4 is 0 Å². The van der Waals surface area contributed by atoms with Crippen molar-refractivity contribution < 1.29 is 22.5 Å². The molecule has 0 bridgehead atoms. The quantitative estimate of drug-likeness (QED) is 0.184. The topological polar surface area (TPSA) is 52.4 Å². The van der Waals surface area contributed by atoms with E-state index in [4.69, 9.17) is 4.43 Å². The van der Waals surface area contributed by atoms with Gasteiger partial charge >= 0.3 is 12.2 Å². The zero-order valence-electron chi connectivity index (χ0n) is 16.6. The van der Waals surface area contributed by atoms with Crippen LogP contribution in [0.1, 0.15) is 66.7 Å². The van der Waals surface area contributed by atoms with Gasteiger partial charge in [-0.1, -0.05) is 60.3 Å². The third-order valence-electron chi connectivity index (χ3n) is 5.70. The Morgan fingerprint density at radius 1 is 1.12 bits per heavy atom. The molecule has 0 saturated heterocycles. The standard InChI is InChI=1S/C17H34F3NO3Si/c1-8-9-10-11-12-14(15(21(22)23)17(18,19)20)24-25(6,7)16(4,5)13(2)3/h13-15H,8-12H2,1-7H3/t14-,15+/m1/s1. The molecule has 0 N–H and O–H groups in total. The first-order chi connectivity index (χ1) is 11.2. The van der Waals surface area contributed by atoms with Crippen LogP contribution in [0.2, 0.25) is 18.1 Å². The van der Waals surface area contributed by atoms with E-state index in [-0.39, 0.29) is 17.4 Å². The maximum absolute atomic E-state index is 13.3. The predicted octanol–water partition coefficient (Wildman–Crippen LogP) is 6.19. The second kappa shape index (κ2) is 9.35. The van der Waals surface area contributed by atoms with Crippen molar-refractivity contribution in [3.8, 4) is 0 Å². The lowest BCUT2D eigenvalue weighted by Crippen LogP contribution is -2.54. The lowest BCUT2D eigenvalue weighted by atomic mass is 9.99. The Hall–Kier alpha value is -0.633. The normalized spacial score (nSPS) is 16.1. The molecular weight excluding hydrogens is 351 g/mol. The largest absolute Gasteiger partial charge is 0.460 e. The molecular formula is C17H34F3NO3Si. The number of hydrogen-bond acceptors (Lipinski definition) is 3. The highest BCUT2D eigenvalue weighted by atomic mass is 28.4. The van der Waals surface area contributed by atoms with E-state index in [0.29, 0.717) is 6.42 Å². The van der Waals surface area contributed by atoms with Crippen molar-refractivity contribution in [2.45, 2.75) is 103 Å². The lowest BCUT2D eigenvalue weighted by molar-refractivity contribution is -0.573. The van der Waals surface area contributed by atoms with Gasteiger partial charge in [-0.15, -0.1) is 0 Å². The van der Waals surface area contributed by atoms with E-state index in [0.717, 1.165) is 19.3 Å². The number of rotatable bonds is 11. The van der Waals surface area contributed by atoms with Gasteiger partial charge in [-0.25, -0.2) is 0 Å². The average molecular weight is 386 g/mol. The first-order valence-corrected chi connectivity index (χ1v) is 12.0. The predicted molar refractivity (Wildman–Crippen MR) is 96.8 cm³/mol. The van der Waals surface area contributed by atoms with Crippen molar-refractivity contribution in [3.05, 3.63) is 10.1 Å². The first-order valence-electron chi connectivity index (χ1n) is 9.06. The Labute approximate surface area is 150 Å². The molecule has 0 spiro atoms. The van der Waals surface area contributed by atoms with Crippen LogP contribution in [0.15, 0.2) is 0 Å². The Balaban J connectivity index is 5.54. The van der Waals surface area contributed by atoms with Crippen LogP contribution in [0.4, 0.5) is 13.2 Å². The van der Waals surface area contributed by atoms with Crippen molar-refractivity contribution in [2.24, 2.45) is 5.92 Å². The summed E-state index contributed by atoms with van der Waals surface area (Å²) in [7, 11) is -2.62. The number of hydrogen-bond donors (Lipinski definition) is 0. The second-order valence-electron chi connectivity index (χ2n) is 8.16. The molecule has 0 aliphatic rings. The molecule has 4 nitrogen and oxygen atoms in total. The minimum Gasteiger partial charge on any atom is -0.407 e. The van der Waals surface area contributed by atoms with Gasteiger partial charge in [0.15, 0.2) is 8.32 Å². The molecule has 0 aliphatic heterocycles. The fourth-order valence-electron chi connectivity index (χ4n) is 2.75. The van der Waals surface area contributed by atoms with Crippen LogP contribution in [0, 0.1) is 16.0 Å². The van der Waals surface area contributed by atoms with Gasteiger partial charge in [-0.3, -0.25) is 10.1 Å². The number of halogens is 3. The van der Waals surface area contributed by atoms with Crippen molar-refractivity contribution in [1.29, 1.82) is 0 Å². The SMILES string of the molecule is CCCCCC[C@@H](O[Si](C)(C)C(C)(C)C(C)C)[C@H]([N+](=O)[O-])C(F)(F)F. The van der Waals surface area contributed by atoms with E-state index in [1.54, 1.807) is 0 Å². The van der Waals surface area contributed by atoms with Crippen LogP contribution in [-0.4, -0.2) is 31.6 Å². The molecule has 0 rings (SSSR count).